The number of amides is 1. The number of carboxylic acid groups (broad SMARTS) is 1. The van der Waals surface area contributed by atoms with Crippen LogP contribution in [0.2, 0.25) is 0 Å². The fraction of sp³-hybridized carbons (Fsp3) is 0.300. The highest BCUT2D eigenvalue weighted by atomic mass is 79.9. The molecular weight excluding hydrogens is 262 g/mol. The summed E-state index contributed by atoms with van der Waals surface area (Å²) in [5.74, 6) is 0.745. The number of hydrogen-bond acceptors (Lipinski definition) is 2. The Labute approximate surface area is 95.4 Å². The third-order valence-electron chi connectivity index (χ3n) is 2.31. The third kappa shape index (κ3) is 2.23. The largest absolute Gasteiger partial charge is 0.493 e. The molecule has 1 unspecified atom stereocenters. The van der Waals surface area contributed by atoms with Crippen molar-refractivity contribution in [3.63, 3.8) is 0 Å². The summed E-state index contributed by atoms with van der Waals surface area (Å²) in [6, 6.07) is 5.44. The minimum Gasteiger partial charge on any atom is -0.493 e. The zero-order valence-corrected chi connectivity index (χ0v) is 9.45. The van der Waals surface area contributed by atoms with Crippen molar-refractivity contribution >= 4 is 22.0 Å². The Morgan fingerprint density at radius 3 is 3.13 bits per heavy atom. The molecule has 2 rings (SSSR count). The van der Waals surface area contributed by atoms with Gasteiger partial charge >= 0.3 is 6.09 Å². The van der Waals surface area contributed by atoms with E-state index in [1.807, 2.05) is 18.2 Å². The monoisotopic (exact) mass is 271 g/mol. The maximum Gasteiger partial charge on any atom is 0.405 e. The Kier molecular flexibility index (Phi) is 2.81. The van der Waals surface area contributed by atoms with E-state index in [-0.39, 0.29) is 6.04 Å². The van der Waals surface area contributed by atoms with Gasteiger partial charge in [0.15, 0.2) is 0 Å². The van der Waals surface area contributed by atoms with Crippen molar-refractivity contribution in [3.8, 4) is 5.75 Å². The van der Waals surface area contributed by atoms with Gasteiger partial charge in [-0.05, 0) is 12.1 Å². The van der Waals surface area contributed by atoms with Crippen molar-refractivity contribution in [2.45, 2.75) is 12.5 Å². The van der Waals surface area contributed by atoms with Gasteiger partial charge in [-0.15, -0.1) is 0 Å². The van der Waals surface area contributed by atoms with Crippen LogP contribution < -0.4 is 10.1 Å². The number of halogens is 1. The Morgan fingerprint density at radius 2 is 2.40 bits per heavy atom. The zero-order chi connectivity index (χ0) is 10.8. The molecule has 1 atom stereocenters. The van der Waals surface area contributed by atoms with Crippen molar-refractivity contribution in [1.29, 1.82) is 0 Å². The summed E-state index contributed by atoms with van der Waals surface area (Å²) >= 11 is 3.34. The van der Waals surface area contributed by atoms with Crippen LogP contribution in [0.5, 0.6) is 5.75 Å². The van der Waals surface area contributed by atoms with Crippen molar-refractivity contribution in [2.75, 3.05) is 6.61 Å². The molecule has 1 aromatic rings. The van der Waals surface area contributed by atoms with Crippen LogP contribution in [0.3, 0.4) is 0 Å². The van der Waals surface area contributed by atoms with Gasteiger partial charge in [-0.25, -0.2) is 4.79 Å². The molecule has 0 aromatic heterocycles. The Morgan fingerprint density at radius 1 is 1.60 bits per heavy atom. The Bertz CT molecular complexity index is 394. The van der Waals surface area contributed by atoms with E-state index >= 15 is 0 Å². The normalized spacial score (nSPS) is 18.9. The lowest BCUT2D eigenvalue weighted by Crippen LogP contribution is -2.30. The Balaban J connectivity index is 2.30. The SMILES string of the molecule is O=C(O)NC1CCOc2cc(Br)ccc21. The maximum absolute atomic E-state index is 10.6. The first-order valence-electron chi connectivity index (χ1n) is 4.58. The molecule has 1 aromatic carbocycles. The summed E-state index contributed by atoms with van der Waals surface area (Å²) in [5.41, 5.74) is 0.895. The van der Waals surface area contributed by atoms with Crippen molar-refractivity contribution in [1.82, 2.24) is 5.32 Å². The summed E-state index contributed by atoms with van der Waals surface area (Å²) in [5, 5.41) is 11.2. The van der Waals surface area contributed by atoms with Crippen LogP contribution in [-0.4, -0.2) is 17.8 Å². The second kappa shape index (κ2) is 4.10. The highest BCUT2D eigenvalue weighted by Crippen LogP contribution is 2.33. The molecule has 0 spiro atoms. The van der Waals surface area contributed by atoms with Crippen molar-refractivity contribution in [3.05, 3.63) is 28.2 Å². The molecule has 0 saturated carbocycles. The number of carbonyl (C=O) groups is 1. The quantitative estimate of drug-likeness (QED) is 0.825. The molecule has 1 amide bonds. The second-order valence-corrected chi connectivity index (χ2v) is 4.24. The third-order valence-corrected chi connectivity index (χ3v) is 2.81. The molecule has 5 heteroatoms. The van der Waals surface area contributed by atoms with Crippen molar-refractivity contribution < 1.29 is 14.6 Å². The minimum atomic E-state index is -1.00. The molecule has 0 bridgehead atoms. The van der Waals surface area contributed by atoms with Gasteiger partial charge in [0.2, 0.25) is 0 Å². The van der Waals surface area contributed by atoms with Crippen LogP contribution in [0.1, 0.15) is 18.0 Å². The lowest BCUT2D eigenvalue weighted by molar-refractivity contribution is 0.182. The molecule has 4 nitrogen and oxygen atoms in total. The van der Waals surface area contributed by atoms with Crippen LogP contribution in [-0.2, 0) is 0 Å². The summed E-state index contributed by atoms with van der Waals surface area (Å²) in [6.07, 6.45) is -0.336. The number of benzene rings is 1. The van der Waals surface area contributed by atoms with Crippen LogP contribution in [0.15, 0.2) is 22.7 Å². The lowest BCUT2D eigenvalue weighted by Gasteiger charge is -2.25. The molecule has 0 radical (unpaired) electrons. The van der Waals surface area contributed by atoms with E-state index in [4.69, 9.17) is 9.84 Å². The number of nitrogens with one attached hydrogen (secondary N) is 1. The van der Waals surface area contributed by atoms with E-state index in [1.54, 1.807) is 0 Å². The van der Waals surface area contributed by atoms with Crippen LogP contribution >= 0.6 is 15.9 Å². The van der Waals surface area contributed by atoms with E-state index in [2.05, 4.69) is 21.2 Å². The molecule has 80 valence electrons. The van der Waals surface area contributed by atoms with Crippen LogP contribution in [0.4, 0.5) is 4.79 Å². The van der Waals surface area contributed by atoms with Crippen LogP contribution in [0, 0.1) is 0 Å². The lowest BCUT2D eigenvalue weighted by atomic mass is 10.0. The fourth-order valence-electron chi connectivity index (χ4n) is 1.66. The van der Waals surface area contributed by atoms with Gasteiger partial charge in [0.05, 0.1) is 12.6 Å². The van der Waals surface area contributed by atoms with Gasteiger partial charge in [0, 0.05) is 16.5 Å². The summed E-state index contributed by atoms with van der Waals surface area (Å²) in [4.78, 5) is 10.6. The van der Waals surface area contributed by atoms with Gasteiger partial charge in [0.25, 0.3) is 0 Å². The van der Waals surface area contributed by atoms with Gasteiger partial charge < -0.3 is 15.2 Å². The van der Waals surface area contributed by atoms with E-state index in [9.17, 15) is 4.79 Å². The first kappa shape index (κ1) is 10.3. The first-order valence-corrected chi connectivity index (χ1v) is 5.38. The van der Waals surface area contributed by atoms with E-state index < -0.39 is 6.09 Å². The molecule has 2 N–H and O–H groups in total. The van der Waals surface area contributed by atoms with E-state index in [0.717, 1.165) is 15.8 Å². The first-order chi connectivity index (χ1) is 7.16. The molecule has 15 heavy (non-hydrogen) atoms. The molecule has 0 saturated heterocycles. The van der Waals surface area contributed by atoms with Gasteiger partial charge in [-0.2, -0.15) is 0 Å². The predicted octanol–water partition coefficient (Wildman–Crippen LogP) is 2.54. The summed E-state index contributed by atoms with van der Waals surface area (Å²) in [6.45, 7) is 0.536. The summed E-state index contributed by atoms with van der Waals surface area (Å²) in [7, 11) is 0. The van der Waals surface area contributed by atoms with Crippen LogP contribution in [0.25, 0.3) is 0 Å². The molecular formula is C10H10BrNO3. The smallest absolute Gasteiger partial charge is 0.405 e. The number of fused-ring (bicyclic) bond motifs is 1. The minimum absolute atomic E-state index is 0.167. The fourth-order valence-corrected chi connectivity index (χ4v) is 2.00. The highest BCUT2D eigenvalue weighted by molar-refractivity contribution is 9.10. The summed E-state index contributed by atoms with van der Waals surface area (Å²) < 4.78 is 6.38. The molecule has 1 heterocycles. The molecule has 0 fully saturated rings. The average Bonchev–Trinajstić information content (AvgIpc) is 2.16. The Hall–Kier alpha value is -1.23. The molecule has 0 aliphatic carbocycles. The van der Waals surface area contributed by atoms with E-state index in [1.165, 1.54) is 0 Å². The number of rotatable bonds is 1. The van der Waals surface area contributed by atoms with E-state index in [0.29, 0.717) is 13.0 Å². The average molecular weight is 272 g/mol. The second-order valence-electron chi connectivity index (χ2n) is 3.32. The maximum atomic E-state index is 10.6. The van der Waals surface area contributed by atoms with Gasteiger partial charge in [-0.3, -0.25) is 0 Å². The number of ether oxygens (including phenoxy) is 1. The molecule has 1 aliphatic heterocycles. The highest BCUT2D eigenvalue weighted by Gasteiger charge is 2.22. The van der Waals surface area contributed by atoms with Crippen molar-refractivity contribution in [2.24, 2.45) is 0 Å². The van der Waals surface area contributed by atoms with Gasteiger partial charge in [0.1, 0.15) is 5.75 Å². The standard InChI is InChI=1S/C10H10BrNO3/c11-6-1-2-7-8(12-10(13)14)3-4-15-9(7)5-6/h1-2,5,8,12H,3-4H2,(H,13,14). The number of hydrogen-bond donors (Lipinski definition) is 2. The molecule has 1 aliphatic rings. The predicted molar refractivity (Wildman–Crippen MR) is 58.2 cm³/mol. The topological polar surface area (TPSA) is 58.6 Å². The zero-order valence-electron chi connectivity index (χ0n) is 7.87. The van der Waals surface area contributed by atoms with Gasteiger partial charge in [-0.1, -0.05) is 22.0 Å².